The number of fused-ring (bicyclic) bond motifs is 1. The number of methoxy groups -OCH3 is 1. The number of aromatic nitrogens is 2. The molecule has 2 aromatic rings. The van der Waals surface area contributed by atoms with Gasteiger partial charge in [0.2, 0.25) is 0 Å². The summed E-state index contributed by atoms with van der Waals surface area (Å²) in [6.45, 7) is 2.08. The lowest BCUT2D eigenvalue weighted by molar-refractivity contribution is 0.417. The molecule has 1 aliphatic rings. The Hall–Kier alpha value is -1.68. The Labute approximate surface area is 106 Å². The van der Waals surface area contributed by atoms with Crippen LogP contribution in [0, 0.1) is 0 Å². The summed E-state index contributed by atoms with van der Waals surface area (Å²) in [5.74, 6) is 2.17. The molecule has 18 heavy (non-hydrogen) atoms. The Kier molecular flexibility index (Phi) is 3.11. The minimum Gasteiger partial charge on any atom is -0.494 e. The van der Waals surface area contributed by atoms with E-state index in [1.165, 1.54) is 6.42 Å². The van der Waals surface area contributed by atoms with Crippen LogP contribution < -0.4 is 10.1 Å². The van der Waals surface area contributed by atoms with Crippen LogP contribution in [-0.4, -0.2) is 30.2 Å². The van der Waals surface area contributed by atoms with E-state index in [4.69, 9.17) is 9.72 Å². The first kappa shape index (κ1) is 11.4. The molecule has 0 bridgehead atoms. The van der Waals surface area contributed by atoms with Gasteiger partial charge in [-0.2, -0.15) is 0 Å². The maximum absolute atomic E-state index is 5.36. The van der Waals surface area contributed by atoms with Crippen molar-refractivity contribution in [3.8, 4) is 5.75 Å². The molecule has 2 heterocycles. The Morgan fingerprint density at radius 1 is 1.39 bits per heavy atom. The predicted octanol–water partition coefficient (Wildman–Crippen LogP) is 2.11. The van der Waals surface area contributed by atoms with Crippen molar-refractivity contribution in [2.75, 3.05) is 20.2 Å². The molecule has 0 amide bonds. The lowest BCUT2D eigenvalue weighted by Crippen LogP contribution is -2.29. The monoisotopic (exact) mass is 243 g/mol. The summed E-state index contributed by atoms with van der Waals surface area (Å²) in [6, 6.07) is 5.92. The van der Waals surface area contributed by atoms with Gasteiger partial charge in [0, 0.05) is 24.0 Å². The number of nitrogens with one attached hydrogen (secondary N) is 1. The molecule has 94 valence electrons. The van der Waals surface area contributed by atoms with E-state index in [-0.39, 0.29) is 0 Å². The Morgan fingerprint density at radius 3 is 3.11 bits per heavy atom. The number of hydrogen-bond acceptors (Lipinski definition) is 4. The zero-order valence-corrected chi connectivity index (χ0v) is 10.5. The molecule has 0 spiro atoms. The Balaban J connectivity index is 2.03. The smallest absolute Gasteiger partial charge is 0.145 e. The first-order valence-corrected chi connectivity index (χ1v) is 6.39. The van der Waals surface area contributed by atoms with Gasteiger partial charge < -0.3 is 10.1 Å². The number of rotatable bonds is 2. The Morgan fingerprint density at radius 2 is 2.33 bits per heavy atom. The van der Waals surface area contributed by atoms with Gasteiger partial charge in [0.05, 0.1) is 7.11 Å². The van der Waals surface area contributed by atoms with E-state index in [0.29, 0.717) is 5.92 Å². The highest BCUT2D eigenvalue weighted by Crippen LogP contribution is 2.26. The van der Waals surface area contributed by atoms with Crippen LogP contribution in [0.2, 0.25) is 0 Å². The number of hydrogen-bond donors (Lipinski definition) is 1. The van der Waals surface area contributed by atoms with E-state index >= 15 is 0 Å². The number of para-hydroxylation sites is 1. The molecule has 1 aromatic heterocycles. The lowest BCUT2D eigenvalue weighted by Gasteiger charge is -2.21. The summed E-state index contributed by atoms with van der Waals surface area (Å²) in [6.07, 6.45) is 4.25. The molecule has 1 unspecified atom stereocenters. The number of ether oxygens (including phenoxy) is 1. The third-order valence-corrected chi connectivity index (χ3v) is 3.47. The second-order valence-corrected chi connectivity index (χ2v) is 4.67. The number of piperidine rings is 1. The lowest BCUT2D eigenvalue weighted by atomic mass is 9.99. The zero-order chi connectivity index (χ0) is 12.4. The van der Waals surface area contributed by atoms with E-state index < -0.39 is 0 Å². The van der Waals surface area contributed by atoms with Gasteiger partial charge in [-0.3, -0.25) is 0 Å². The van der Waals surface area contributed by atoms with Crippen molar-refractivity contribution in [3.63, 3.8) is 0 Å². The molecule has 3 rings (SSSR count). The van der Waals surface area contributed by atoms with Crippen molar-refractivity contribution in [1.82, 2.24) is 15.3 Å². The summed E-state index contributed by atoms with van der Waals surface area (Å²) in [7, 11) is 1.68. The fourth-order valence-electron chi connectivity index (χ4n) is 2.48. The summed E-state index contributed by atoms with van der Waals surface area (Å²) in [5.41, 5.74) is 0.913. The molecule has 0 radical (unpaired) electrons. The van der Waals surface area contributed by atoms with Gasteiger partial charge in [0.25, 0.3) is 0 Å². The largest absolute Gasteiger partial charge is 0.494 e. The SMILES string of the molecule is COc1cccc2cnc(C3CCCNC3)nc12. The van der Waals surface area contributed by atoms with Crippen molar-refractivity contribution in [2.45, 2.75) is 18.8 Å². The third kappa shape index (κ3) is 2.04. The minimum atomic E-state index is 0.424. The molecule has 0 saturated carbocycles. The first-order chi connectivity index (χ1) is 8.88. The van der Waals surface area contributed by atoms with Gasteiger partial charge in [-0.05, 0) is 25.5 Å². The molecular formula is C14H17N3O. The predicted molar refractivity (Wildman–Crippen MR) is 70.9 cm³/mol. The van der Waals surface area contributed by atoms with Crippen molar-refractivity contribution >= 4 is 10.9 Å². The van der Waals surface area contributed by atoms with Crippen molar-refractivity contribution in [1.29, 1.82) is 0 Å². The third-order valence-electron chi connectivity index (χ3n) is 3.47. The Bertz CT molecular complexity index is 550. The van der Waals surface area contributed by atoms with Gasteiger partial charge in [-0.15, -0.1) is 0 Å². The second kappa shape index (κ2) is 4.90. The first-order valence-electron chi connectivity index (χ1n) is 6.39. The van der Waals surface area contributed by atoms with E-state index in [2.05, 4.69) is 10.3 Å². The van der Waals surface area contributed by atoms with Crippen molar-refractivity contribution in [3.05, 3.63) is 30.2 Å². The molecule has 1 aliphatic heterocycles. The van der Waals surface area contributed by atoms with E-state index in [1.54, 1.807) is 7.11 Å². The second-order valence-electron chi connectivity index (χ2n) is 4.67. The van der Waals surface area contributed by atoms with Gasteiger partial charge in [0.1, 0.15) is 17.1 Å². The summed E-state index contributed by atoms with van der Waals surface area (Å²) < 4.78 is 5.36. The fraction of sp³-hybridized carbons (Fsp3) is 0.429. The molecule has 1 N–H and O–H groups in total. The summed E-state index contributed by atoms with van der Waals surface area (Å²) >= 11 is 0. The topological polar surface area (TPSA) is 47.0 Å². The molecule has 1 fully saturated rings. The average Bonchev–Trinajstić information content (AvgIpc) is 2.47. The van der Waals surface area contributed by atoms with Crippen LogP contribution in [0.5, 0.6) is 5.75 Å². The van der Waals surface area contributed by atoms with Gasteiger partial charge in [-0.1, -0.05) is 12.1 Å². The number of benzene rings is 1. The van der Waals surface area contributed by atoms with E-state index in [0.717, 1.165) is 42.0 Å². The highest BCUT2D eigenvalue weighted by molar-refractivity contribution is 5.83. The standard InChI is InChI=1S/C14H17N3O/c1-18-12-6-2-4-10-9-16-14(17-13(10)12)11-5-3-7-15-8-11/h2,4,6,9,11,15H,3,5,7-8H2,1H3. The molecule has 1 aromatic carbocycles. The molecular weight excluding hydrogens is 226 g/mol. The van der Waals surface area contributed by atoms with Crippen LogP contribution in [0.25, 0.3) is 10.9 Å². The highest BCUT2D eigenvalue weighted by atomic mass is 16.5. The van der Waals surface area contributed by atoms with Crippen LogP contribution in [0.15, 0.2) is 24.4 Å². The van der Waals surface area contributed by atoms with Crippen molar-refractivity contribution in [2.24, 2.45) is 0 Å². The zero-order valence-electron chi connectivity index (χ0n) is 10.5. The van der Waals surface area contributed by atoms with Gasteiger partial charge >= 0.3 is 0 Å². The van der Waals surface area contributed by atoms with Crippen LogP contribution in [0.1, 0.15) is 24.6 Å². The van der Waals surface area contributed by atoms with Crippen LogP contribution in [-0.2, 0) is 0 Å². The summed E-state index contributed by atoms with van der Waals surface area (Å²) in [4.78, 5) is 9.19. The molecule has 1 atom stereocenters. The van der Waals surface area contributed by atoms with Gasteiger partial charge in [-0.25, -0.2) is 9.97 Å². The molecule has 4 nitrogen and oxygen atoms in total. The van der Waals surface area contributed by atoms with Crippen LogP contribution in [0.4, 0.5) is 0 Å². The van der Waals surface area contributed by atoms with Crippen molar-refractivity contribution < 1.29 is 4.74 Å². The van der Waals surface area contributed by atoms with Crippen LogP contribution >= 0.6 is 0 Å². The minimum absolute atomic E-state index is 0.424. The van der Waals surface area contributed by atoms with E-state index in [1.807, 2.05) is 24.4 Å². The maximum atomic E-state index is 5.36. The maximum Gasteiger partial charge on any atom is 0.145 e. The van der Waals surface area contributed by atoms with Gasteiger partial charge in [0.15, 0.2) is 0 Å². The molecule has 4 heteroatoms. The molecule has 0 aliphatic carbocycles. The molecule has 1 saturated heterocycles. The van der Waals surface area contributed by atoms with E-state index in [9.17, 15) is 0 Å². The quantitative estimate of drug-likeness (QED) is 0.877. The highest BCUT2D eigenvalue weighted by Gasteiger charge is 2.18. The summed E-state index contributed by atoms with van der Waals surface area (Å²) in [5, 5.41) is 4.43. The average molecular weight is 243 g/mol. The number of nitrogens with zero attached hydrogens (tertiary/aromatic N) is 2. The fourth-order valence-corrected chi connectivity index (χ4v) is 2.48. The normalized spacial score (nSPS) is 19.9. The van der Waals surface area contributed by atoms with Crippen LogP contribution in [0.3, 0.4) is 0 Å².